The largest absolute Gasteiger partial charge is 0.395 e. The lowest BCUT2D eigenvalue weighted by atomic mass is 10.00. The number of benzene rings is 1. The van der Waals surface area contributed by atoms with Crippen molar-refractivity contribution >= 4 is 11.6 Å². The van der Waals surface area contributed by atoms with Gasteiger partial charge in [-0.05, 0) is 13.0 Å². The fourth-order valence-corrected chi connectivity index (χ4v) is 3.45. The highest BCUT2D eigenvalue weighted by Crippen LogP contribution is 2.32. The van der Waals surface area contributed by atoms with Gasteiger partial charge in [0.15, 0.2) is 0 Å². The van der Waals surface area contributed by atoms with Crippen LogP contribution >= 0.6 is 0 Å². The normalized spacial score (nSPS) is 23.6. The lowest BCUT2D eigenvalue weighted by Crippen LogP contribution is -2.51. The number of nitrogens with one attached hydrogen (secondary N) is 1. The first-order valence-electron chi connectivity index (χ1n) is 8.75. The van der Waals surface area contributed by atoms with Crippen LogP contribution in [0, 0.1) is 0 Å². The number of nitrogens with zero attached hydrogens (tertiary/aromatic N) is 2. The van der Waals surface area contributed by atoms with Gasteiger partial charge in [0.2, 0.25) is 5.91 Å². The number of β-amino-alcohol motifs (C(OH)–C–C–N with tert-alkyl or cyclic N) is 1. The molecule has 1 fully saturated rings. The van der Waals surface area contributed by atoms with Gasteiger partial charge in [0.05, 0.1) is 25.7 Å². The van der Waals surface area contributed by atoms with Crippen LogP contribution in [0.2, 0.25) is 0 Å². The van der Waals surface area contributed by atoms with Crippen molar-refractivity contribution < 1.29 is 14.6 Å². The molecule has 24 heavy (non-hydrogen) atoms. The van der Waals surface area contributed by atoms with E-state index in [1.807, 2.05) is 24.3 Å². The smallest absolute Gasteiger partial charge is 0.227 e. The van der Waals surface area contributed by atoms with Gasteiger partial charge in [-0.2, -0.15) is 0 Å². The molecule has 0 aliphatic carbocycles. The molecule has 2 heterocycles. The third-order valence-electron chi connectivity index (χ3n) is 4.94. The van der Waals surface area contributed by atoms with E-state index < -0.39 is 0 Å². The second-order valence-electron chi connectivity index (χ2n) is 6.61. The predicted octanol–water partition coefficient (Wildman–Crippen LogP) is 1.08. The van der Waals surface area contributed by atoms with Crippen molar-refractivity contribution in [3.63, 3.8) is 0 Å². The number of para-hydroxylation sites is 1. The number of fused-ring (bicyclic) bond motifs is 1. The summed E-state index contributed by atoms with van der Waals surface area (Å²) < 4.78 is 6.11. The van der Waals surface area contributed by atoms with Gasteiger partial charge in [0.1, 0.15) is 0 Å². The van der Waals surface area contributed by atoms with E-state index in [-0.39, 0.29) is 18.6 Å². The Labute approximate surface area is 143 Å². The lowest BCUT2D eigenvalue weighted by Gasteiger charge is -2.38. The van der Waals surface area contributed by atoms with Gasteiger partial charge in [-0.1, -0.05) is 18.2 Å². The molecule has 2 aliphatic rings. The molecule has 0 spiro atoms. The van der Waals surface area contributed by atoms with Crippen molar-refractivity contribution in [1.29, 1.82) is 0 Å². The molecule has 2 unspecified atom stereocenters. The molecular formula is C18H27N3O3. The SMILES string of the molecule is CC(COC1CC(=O)Nc2ccccc21)N1CCN(CCO)CC1. The van der Waals surface area contributed by atoms with Gasteiger partial charge < -0.3 is 15.2 Å². The van der Waals surface area contributed by atoms with Gasteiger partial charge in [0, 0.05) is 50.0 Å². The van der Waals surface area contributed by atoms with Gasteiger partial charge in [-0.3, -0.25) is 14.6 Å². The lowest BCUT2D eigenvalue weighted by molar-refractivity contribution is -0.120. The number of aliphatic hydroxyl groups excluding tert-OH is 1. The van der Waals surface area contributed by atoms with Crippen molar-refractivity contribution in [3.8, 4) is 0 Å². The van der Waals surface area contributed by atoms with E-state index in [0.29, 0.717) is 19.1 Å². The zero-order chi connectivity index (χ0) is 16.9. The van der Waals surface area contributed by atoms with E-state index in [9.17, 15) is 4.79 Å². The summed E-state index contributed by atoms with van der Waals surface area (Å²) in [7, 11) is 0. The summed E-state index contributed by atoms with van der Waals surface area (Å²) in [4.78, 5) is 16.6. The summed E-state index contributed by atoms with van der Waals surface area (Å²) in [5.41, 5.74) is 1.93. The molecule has 1 aromatic rings. The van der Waals surface area contributed by atoms with Gasteiger partial charge in [-0.15, -0.1) is 0 Å². The van der Waals surface area contributed by atoms with Crippen molar-refractivity contribution in [2.75, 3.05) is 51.3 Å². The Morgan fingerprint density at radius 3 is 2.79 bits per heavy atom. The Hall–Kier alpha value is -1.47. The van der Waals surface area contributed by atoms with Crippen LogP contribution in [0.1, 0.15) is 25.0 Å². The number of rotatable bonds is 6. The van der Waals surface area contributed by atoms with Crippen LogP contribution in [0.15, 0.2) is 24.3 Å². The van der Waals surface area contributed by atoms with E-state index in [0.717, 1.165) is 44.0 Å². The Bertz CT molecular complexity index is 558. The number of amides is 1. The highest BCUT2D eigenvalue weighted by Gasteiger charge is 2.27. The first kappa shape index (κ1) is 17.4. The second-order valence-corrected chi connectivity index (χ2v) is 6.61. The average molecular weight is 333 g/mol. The third-order valence-corrected chi connectivity index (χ3v) is 4.94. The maximum absolute atomic E-state index is 11.9. The van der Waals surface area contributed by atoms with Gasteiger partial charge >= 0.3 is 0 Å². The van der Waals surface area contributed by atoms with E-state index in [4.69, 9.17) is 9.84 Å². The maximum atomic E-state index is 11.9. The highest BCUT2D eigenvalue weighted by atomic mass is 16.5. The van der Waals surface area contributed by atoms with Crippen LogP contribution in [-0.4, -0.2) is 72.8 Å². The fourth-order valence-electron chi connectivity index (χ4n) is 3.45. The highest BCUT2D eigenvalue weighted by molar-refractivity contribution is 5.94. The third kappa shape index (κ3) is 4.13. The monoisotopic (exact) mass is 333 g/mol. The summed E-state index contributed by atoms with van der Waals surface area (Å²) in [6.07, 6.45) is 0.224. The van der Waals surface area contributed by atoms with Crippen LogP contribution in [0.25, 0.3) is 0 Å². The Kier molecular flexibility index (Phi) is 5.84. The topological polar surface area (TPSA) is 65.0 Å². The first-order chi connectivity index (χ1) is 11.7. The van der Waals surface area contributed by atoms with Crippen LogP contribution in [-0.2, 0) is 9.53 Å². The number of hydrogen-bond donors (Lipinski definition) is 2. The fraction of sp³-hybridized carbons (Fsp3) is 0.611. The predicted molar refractivity (Wildman–Crippen MR) is 92.9 cm³/mol. The Morgan fingerprint density at radius 1 is 1.29 bits per heavy atom. The molecule has 0 aromatic heterocycles. The molecule has 1 aromatic carbocycles. The van der Waals surface area contributed by atoms with Crippen molar-refractivity contribution in [2.45, 2.75) is 25.5 Å². The minimum absolute atomic E-state index is 0.0176. The molecule has 0 radical (unpaired) electrons. The molecule has 132 valence electrons. The van der Waals surface area contributed by atoms with Crippen LogP contribution in [0.3, 0.4) is 0 Å². The minimum atomic E-state index is -0.159. The average Bonchev–Trinajstić information content (AvgIpc) is 2.60. The van der Waals surface area contributed by atoms with E-state index in [1.54, 1.807) is 0 Å². The summed E-state index contributed by atoms with van der Waals surface area (Å²) in [5.74, 6) is 0.0176. The standard InChI is InChI=1S/C18H27N3O3/c1-14(21-8-6-20(7-9-21)10-11-22)13-24-17-12-18(23)19-16-5-3-2-4-15(16)17/h2-5,14,17,22H,6-13H2,1H3,(H,19,23). The zero-order valence-corrected chi connectivity index (χ0v) is 14.3. The minimum Gasteiger partial charge on any atom is -0.395 e. The number of carbonyl (C=O) groups is 1. The van der Waals surface area contributed by atoms with E-state index in [2.05, 4.69) is 22.0 Å². The zero-order valence-electron chi connectivity index (χ0n) is 14.3. The van der Waals surface area contributed by atoms with Crippen molar-refractivity contribution in [2.24, 2.45) is 0 Å². The summed E-state index contributed by atoms with van der Waals surface area (Å²) in [6, 6.07) is 8.18. The first-order valence-corrected chi connectivity index (χ1v) is 8.75. The molecule has 1 saturated heterocycles. The van der Waals surface area contributed by atoms with Crippen LogP contribution in [0.5, 0.6) is 0 Å². The van der Waals surface area contributed by atoms with Crippen molar-refractivity contribution in [3.05, 3.63) is 29.8 Å². The Morgan fingerprint density at radius 2 is 2.04 bits per heavy atom. The van der Waals surface area contributed by atoms with Crippen molar-refractivity contribution in [1.82, 2.24) is 9.80 Å². The molecule has 3 rings (SSSR count). The number of hydrogen-bond acceptors (Lipinski definition) is 5. The summed E-state index contributed by atoms with van der Waals surface area (Å²) >= 11 is 0. The number of carbonyl (C=O) groups excluding carboxylic acids is 1. The van der Waals surface area contributed by atoms with E-state index >= 15 is 0 Å². The van der Waals surface area contributed by atoms with Crippen LogP contribution in [0.4, 0.5) is 5.69 Å². The summed E-state index contributed by atoms with van der Waals surface area (Å²) in [5, 5.41) is 11.9. The van der Waals surface area contributed by atoms with E-state index in [1.165, 1.54) is 0 Å². The summed E-state index contributed by atoms with van der Waals surface area (Å²) in [6.45, 7) is 7.73. The number of piperazine rings is 1. The Balaban J connectivity index is 1.52. The number of aliphatic hydroxyl groups is 1. The maximum Gasteiger partial charge on any atom is 0.227 e. The van der Waals surface area contributed by atoms with Gasteiger partial charge in [0.25, 0.3) is 0 Å². The van der Waals surface area contributed by atoms with Gasteiger partial charge in [-0.25, -0.2) is 0 Å². The molecule has 6 nitrogen and oxygen atoms in total. The molecule has 2 aliphatic heterocycles. The molecule has 2 atom stereocenters. The molecule has 0 bridgehead atoms. The molecule has 2 N–H and O–H groups in total. The quantitative estimate of drug-likeness (QED) is 0.816. The number of anilines is 1. The molecule has 0 saturated carbocycles. The van der Waals surface area contributed by atoms with Crippen LogP contribution < -0.4 is 5.32 Å². The molecular weight excluding hydrogens is 306 g/mol. The number of ether oxygens (including phenoxy) is 1. The second kappa shape index (κ2) is 8.07. The molecule has 6 heteroatoms. The molecule has 1 amide bonds.